The lowest BCUT2D eigenvalue weighted by atomic mass is 10.0. The summed E-state index contributed by atoms with van der Waals surface area (Å²) < 4.78 is 32.3. The maximum Gasteiger partial charge on any atom is 0.129 e. The van der Waals surface area contributed by atoms with Gasteiger partial charge < -0.3 is 9.84 Å². The van der Waals surface area contributed by atoms with E-state index in [0.29, 0.717) is 13.2 Å². The molecule has 1 heterocycles. The number of nitrogens with zero attached hydrogens (tertiary/aromatic N) is 1. The van der Waals surface area contributed by atoms with Crippen molar-refractivity contribution in [3.63, 3.8) is 0 Å². The van der Waals surface area contributed by atoms with Crippen molar-refractivity contribution in [2.24, 2.45) is 0 Å². The summed E-state index contributed by atoms with van der Waals surface area (Å²) in [4.78, 5) is 2.04. The van der Waals surface area contributed by atoms with E-state index in [1.165, 1.54) is 0 Å². The number of rotatable bonds is 5. The summed E-state index contributed by atoms with van der Waals surface area (Å²) in [7, 11) is 0. The van der Waals surface area contributed by atoms with Crippen LogP contribution >= 0.6 is 0 Å². The first-order valence-electron chi connectivity index (χ1n) is 7.07. The van der Waals surface area contributed by atoms with E-state index in [4.69, 9.17) is 4.74 Å². The third-order valence-corrected chi connectivity index (χ3v) is 3.61. The summed E-state index contributed by atoms with van der Waals surface area (Å²) in [5, 5.41) is 10.1. The molecule has 2 unspecified atom stereocenters. The number of hydrogen-bond acceptors (Lipinski definition) is 3. The standard InChI is InChI=1S/C15H21F2NO2/c1-2-20-12-4-3-7-18(9-12)10-15(19)13-8-11(16)5-6-14(13)17/h5-6,8,12,15,19H,2-4,7,9-10H2,1H3. The van der Waals surface area contributed by atoms with Crippen LogP contribution in [0.5, 0.6) is 0 Å². The number of hydrogen-bond donors (Lipinski definition) is 1. The van der Waals surface area contributed by atoms with Gasteiger partial charge in [-0.25, -0.2) is 8.78 Å². The molecule has 1 aliphatic rings. The van der Waals surface area contributed by atoms with Crippen molar-refractivity contribution in [1.82, 2.24) is 4.90 Å². The van der Waals surface area contributed by atoms with Crippen LogP contribution in [-0.2, 0) is 4.74 Å². The third-order valence-electron chi connectivity index (χ3n) is 3.61. The Labute approximate surface area is 118 Å². The minimum absolute atomic E-state index is 0.0172. The zero-order chi connectivity index (χ0) is 14.5. The van der Waals surface area contributed by atoms with Crippen molar-refractivity contribution in [2.45, 2.75) is 32.0 Å². The first-order valence-corrected chi connectivity index (χ1v) is 7.07. The third kappa shape index (κ3) is 3.98. The van der Waals surface area contributed by atoms with Gasteiger partial charge in [-0.05, 0) is 44.5 Å². The van der Waals surface area contributed by atoms with Gasteiger partial charge in [-0.1, -0.05) is 0 Å². The van der Waals surface area contributed by atoms with Crippen LogP contribution in [0.25, 0.3) is 0 Å². The minimum atomic E-state index is -1.02. The lowest BCUT2D eigenvalue weighted by molar-refractivity contribution is -0.00742. The molecule has 2 rings (SSSR count). The van der Waals surface area contributed by atoms with Gasteiger partial charge >= 0.3 is 0 Å². The number of likely N-dealkylation sites (tertiary alicyclic amines) is 1. The molecule has 0 amide bonds. The van der Waals surface area contributed by atoms with E-state index in [-0.39, 0.29) is 11.7 Å². The number of benzene rings is 1. The van der Waals surface area contributed by atoms with Crippen molar-refractivity contribution in [2.75, 3.05) is 26.2 Å². The Hall–Kier alpha value is -1.04. The van der Waals surface area contributed by atoms with Crippen molar-refractivity contribution in [1.29, 1.82) is 0 Å². The topological polar surface area (TPSA) is 32.7 Å². The smallest absolute Gasteiger partial charge is 0.129 e. The lowest BCUT2D eigenvalue weighted by Gasteiger charge is -2.33. The van der Waals surface area contributed by atoms with Gasteiger partial charge in [0.2, 0.25) is 0 Å². The first kappa shape index (κ1) is 15.4. The fourth-order valence-corrected chi connectivity index (χ4v) is 2.66. The monoisotopic (exact) mass is 285 g/mol. The van der Waals surface area contributed by atoms with E-state index in [0.717, 1.165) is 44.1 Å². The fourth-order valence-electron chi connectivity index (χ4n) is 2.66. The highest BCUT2D eigenvalue weighted by atomic mass is 19.1. The van der Waals surface area contributed by atoms with Crippen molar-refractivity contribution >= 4 is 0 Å². The molecule has 1 N–H and O–H groups in total. The Kier molecular flexibility index (Phi) is 5.46. The molecule has 112 valence electrons. The molecule has 0 bridgehead atoms. The summed E-state index contributed by atoms with van der Waals surface area (Å²) in [6, 6.07) is 3.16. The predicted octanol–water partition coefficient (Wildman–Crippen LogP) is 2.50. The van der Waals surface area contributed by atoms with Gasteiger partial charge in [-0.3, -0.25) is 4.90 Å². The SMILES string of the molecule is CCOC1CCCN(CC(O)c2cc(F)ccc2F)C1. The normalized spacial score (nSPS) is 21.9. The van der Waals surface area contributed by atoms with Crippen LogP contribution in [0.3, 0.4) is 0 Å². The van der Waals surface area contributed by atoms with Gasteiger partial charge in [0.05, 0.1) is 12.2 Å². The molecule has 1 fully saturated rings. The van der Waals surface area contributed by atoms with E-state index in [1.54, 1.807) is 0 Å². The van der Waals surface area contributed by atoms with Crippen LogP contribution in [0, 0.1) is 11.6 Å². The molecule has 0 aromatic heterocycles. The Bertz CT molecular complexity index is 440. The molecule has 1 aromatic carbocycles. The van der Waals surface area contributed by atoms with Crippen LogP contribution < -0.4 is 0 Å². The highest BCUT2D eigenvalue weighted by Crippen LogP contribution is 2.21. The number of piperidine rings is 1. The molecule has 0 aliphatic carbocycles. The van der Waals surface area contributed by atoms with Crippen LogP contribution in [0.2, 0.25) is 0 Å². The van der Waals surface area contributed by atoms with Crippen molar-refractivity contribution in [3.8, 4) is 0 Å². The van der Waals surface area contributed by atoms with Crippen molar-refractivity contribution < 1.29 is 18.6 Å². The van der Waals surface area contributed by atoms with Gasteiger partial charge in [0.15, 0.2) is 0 Å². The van der Waals surface area contributed by atoms with Gasteiger partial charge in [0.1, 0.15) is 11.6 Å². The first-order chi connectivity index (χ1) is 9.60. The van der Waals surface area contributed by atoms with E-state index in [2.05, 4.69) is 0 Å². The fraction of sp³-hybridized carbons (Fsp3) is 0.600. The second-order valence-electron chi connectivity index (χ2n) is 5.16. The summed E-state index contributed by atoms with van der Waals surface area (Å²) >= 11 is 0. The molecule has 0 radical (unpaired) electrons. The molecule has 1 aromatic rings. The van der Waals surface area contributed by atoms with E-state index >= 15 is 0 Å². The quantitative estimate of drug-likeness (QED) is 0.902. The van der Waals surface area contributed by atoms with Crippen LogP contribution in [0.1, 0.15) is 31.4 Å². The Morgan fingerprint density at radius 1 is 1.45 bits per heavy atom. The molecule has 2 atom stereocenters. The molecule has 1 saturated heterocycles. The summed E-state index contributed by atoms with van der Waals surface area (Å²) in [5.74, 6) is -1.11. The molecule has 3 nitrogen and oxygen atoms in total. The Morgan fingerprint density at radius 2 is 2.25 bits per heavy atom. The minimum Gasteiger partial charge on any atom is -0.387 e. The highest BCUT2D eigenvalue weighted by Gasteiger charge is 2.23. The van der Waals surface area contributed by atoms with E-state index in [9.17, 15) is 13.9 Å². The van der Waals surface area contributed by atoms with Crippen molar-refractivity contribution in [3.05, 3.63) is 35.4 Å². The summed E-state index contributed by atoms with van der Waals surface area (Å²) in [6.45, 7) is 4.48. The molecule has 20 heavy (non-hydrogen) atoms. The summed E-state index contributed by atoms with van der Waals surface area (Å²) in [5.41, 5.74) is 0.0172. The van der Waals surface area contributed by atoms with Gasteiger partial charge in [0.25, 0.3) is 0 Å². The highest BCUT2D eigenvalue weighted by molar-refractivity contribution is 5.21. The van der Waals surface area contributed by atoms with E-state index in [1.807, 2.05) is 11.8 Å². The molecule has 1 aliphatic heterocycles. The average Bonchev–Trinajstić information content (AvgIpc) is 2.42. The zero-order valence-corrected chi connectivity index (χ0v) is 11.7. The maximum absolute atomic E-state index is 13.6. The van der Waals surface area contributed by atoms with Crippen LogP contribution in [0.4, 0.5) is 8.78 Å². The van der Waals surface area contributed by atoms with E-state index < -0.39 is 17.7 Å². The molecular formula is C15H21F2NO2. The van der Waals surface area contributed by atoms with Gasteiger partial charge in [-0.15, -0.1) is 0 Å². The molecular weight excluding hydrogens is 264 g/mol. The zero-order valence-electron chi connectivity index (χ0n) is 11.7. The number of aliphatic hydroxyl groups excluding tert-OH is 1. The molecule has 5 heteroatoms. The molecule has 0 spiro atoms. The Morgan fingerprint density at radius 3 is 3.00 bits per heavy atom. The Balaban J connectivity index is 1.96. The molecule has 0 saturated carbocycles. The second-order valence-corrected chi connectivity index (χ2v) is 5.16. The number of halogens is 2. The number of aliphatic hydroxyl groups is 1. The lowest BCUT2D eigenvalue weighted by Crippen LogP contribution is -2.41. The number of β-amino-alcohol motifs (C(OH)–C–C–N with tert-alkyl or cyclic N) is 1. The maximum atomic E-state index is 13.6. The van der Waals surface area contributed by atoms with Gasteiger partial charge in [-0.2, -0.15) is 0 Å². The van der Waals surface area contributed by atoms with Crippen LogP contribution in [0.15, 0.2) is 18.2 Å². The average molecular weight is 285 g/mol. The van der Waals surface area contributed by atoms with Gasteiger partial charge in [0, 0.05) is 25.3 Å². The largest absolute Gasteiger partial charge is 0.387 e. The predicted molar refractivity (Wildman–Crippen MR) is 72.4 cm³/mol. The summed E-state index contributed by atoms with van der Waals surface area (Å²) in [6.07, 6.45) is 1.14. The van der Waals surface area contributed by atoms with Crippen LogP contribution in [-0.4, -0.2) is 42.4 Å². The number of ether oxygens (including phenoxy) is 1. The second kappa shape index (κ2) is 7.11.